The van der Waals surface area contributed by atoms with Gasteiger partial charge in [0.15, 0.2) is 0 Å². The van der Waals surface area contributed by atoms with Crippen molar-refractivity contribution in [1.82, 2.24) is 9.97 Å². The van der Waals surface area contributed by atoms with E-state index in [4.69, 9.17) is 17.3 Å². The fourth-order valence-electron chi connectivity index (χ4n) is 1.36. The lowest BCUT2D eigenvalue weighted by molar-refractivity contribution is 1.07. The van der Waals surface area contributed by atoms with Crippen molar-refractivity contribution >= 4 is 34.4 Å². The number of nitrogen functional groups attached to an aromatic ring is 1. The molecule has 0 spiro atoms. The molecule has 2 aromatic rings. The van der Waals surface area contributed by atoms with Crippen molar-refractivity contribution < 1.29 is 0 Å². The third-order valence-corrected chi connectivity index (χ3v) is 3.59. The number of hydrogen-bond donors (Lipinski definition) is 2. The van der Waals surface area contributed by atoms with E-state index in [2.05, 4.69) is 22.2 Å². The van der Waals surface area contributed by atoms with Crippen molar-refractivity contribution in [3.63, 3.8) is 0 Å². The van der Waals surface area contributed by atoms with Gasteiger partial charge in [-0.2, -0.15) is 0 Å². The van der Waals surface area contributed by atoms with E-state index < -0.39 is 0 Å². The number of hydrogen-bond acceptors (Lipinski definition) is 5. The van der Waals surface area contributed by atoms with Gasteiger partial charge in [0.25, 0.3) is 0 Å². The number of thiazole rings is 1. The maximum absolute atomic E-state index is 5.79. The molecule has 6 heteroatoms. The number of pyridine rings is 1. The molecule has 4 nitrogen and oxygen atoms in total. The number of anilines is 2. The molecule has 0 aliphatic carbocycles. The number of aromatic nitrogens is 2. The minimum atomic E-state index is 0.538. The van der Waals surface area contributed by atoms with Crippen LogP contribution in [0.2, 0.25) is 5.02 Å². The Bertz CT molecular complexity index is 512. The number of aryl methyl sites for hydroxylation is 1. The molecule has 2 heterocycles. The Morgan fingerprint density at radius 2 is 2.24 bits per heavy atom. The first kappa shape index (κ1) is 12.1. The van der Waals surface area contributed by atoms with Gasteiger partial charge in [-0.25, -0.2) is 9.97 Å². The number of rotatable bonds is 4. The summed E-state index contributed by atoms with van der Waals surface area (Å²) < 4.78 is 0. The van der Waals surface area contributed by atoms with Crippen molar-refractivity contribution in [3.8, 4) is 0 Å². The molecule has 0 saturated heterocycles. The summed E-state index contributed by atoms with van der Waals surface area (Å²) in [4.78, 5) is 9.72. The molecule has 3 N–H and O–H groups in total. The topological polar surface area (TPSA) is 63.8 Å². The van der Waals surface area contributed by atoms with E-state index in [1.807, 2.05) is 6.20 Å². The van der Waals surface area contributed by atoms with E-state index in [0.717, 1.165) is 11.4 Å². The first-order valence-corrected chi connectivity index (χ1v) is 6.47. The number of nitrogens with one attached hydrogen (secondary N) is 1. The second-order valence-corrected chi connectivity index (χ2v) is 5.15. The standard InChI is InChI=1S/C11H13ClN4S/c1-2-8-5-14-10(17-8)6-16-11-9(13)3-7(12)4-15-11/h3-5H,2,6,13H2,1H3,(H,15,16). The summed E-state index contributed by atoms with van der Waals surface area (Å²) in [6.07, 6.45) is 4.49. The average molecular weight is 269 g/mol. The van der Waals surface area contributed by atoms with E-state index in [-0.39, 0.29) is 0 Å². The first-order chi connectivity index (χ1) is 8.19. The van der Waals surface area contributed by atoms with E-state index >= 15 is 0 Å². The molecular formula is C11H13ClN4S. The van der Waals surface area contributed by atoms with Crippen LogP contribution in [0.5, 0.6) is 0 Å². The van der Waals surface area contributed by atoms with Crippen LogP contribution in [0.4, 0.5) is 11.5 Å². The van der Waals surface area contributed by atoms with Gasteiger partial charge in [0.05, 0.1) is 17.3 Å². The van der Waals surface area contributed by atoms with Crippen LogP contribution in [0, 0.1) is 0 Å². The van der Waals surface area contributed by atoms with Crippen molar-refractivity contribution in [3.05, 3.63) is 33.4 Å². The second-order valence-electron chi connectivity index (χ2n) is 3.52. The zero-order valence-electron chi connectivity index (χ0n) is 9.40. The van der Waals surface area contributed by atoms with Crippen LogP contribution in [0.1, 0.15) is 16.8 Å². The van der Waals surface area contributed by atoms with Crippen LogP contribution in [0.3, 0.4) is 0 Å². The third-order valence-electron chi connectivity index (χ3n) is 2.24. The Hall–Kier alpha value is -1.33. The number of nitrogens with two attached hydrogens (primary N) is 1. The van der Waals surface area contributed by atoms with Gasteiger partial charge in [-0.1, -0.05) is 18.5 Å². The molecule has 0 saturated carbocycles. The molecule has 0 fully saturated rings. The maximum Gasteiger partial charge on any atom is 0.149 e. The fourth-order valence-corrected chi connectivity index (χ4v) is 2.32. The molecule has 0 radical (unpaired) electrons. The summed E-state index contributed by atoms with van der Waals surface area (Å²) >= 11 is 7.47. The first-order valence-electron chi connectivity index (χ1n) is 5.27. The predicted octanol–water partition coefficient (Wildman–Crippen LogP) is 2.95. The van der Waals surface area contributed by atoms with Gasteiger partial charge in [0.1, 0.15) is 10.8 Å². The summed E-state index contributed by atoms with van der Waals surface area (Å²) in [7, 11) is 0. The lowest BCUT2D eigenvalue weighted by Crippen LogP contribution is -2.04. The lowest BCUT2D eigenvalue weighted by Gasteiger charge is -2.06. The molecule has 0 unspecified atom stereocenters. The molecular weight excluding hydrogens is 256 g/mol. The molecule has 2 rings (SSSR count). The SMILES string of the molecule is CCc1cnc(CNc2ncc(Cl)cc2N)s1. The van der Waals surface area contributed by atoms with E-state index in [0.29, 0.717) is 23.1 Å². The van der Waals surface area contributed by atoms with Crippen LogP contribution in [-0.4, -0.2) is 9.97 Å². The number of nitrogens with zero attached hydrogens (tertiary/aromatic N) is 2. The van der Waals surface area contributed by atoms with Gasteiger partial charge >= 0.3 is 0 Å². The molecule has 17 heavy (non-hydrogen) atoms. The Balaban J connectivity index is 2.02. The van der Waals surface area contributed by atoms with Crippen LogP contribution in [0.15, 0.2) is 18.5 Å². The Labute approximate surface area is 109 Å². The van der Waals surface area contributed by atoms with Crippen LogP contribution >= 0.6 is 22.9 Å². The molecule has 2 aromatic heterocycles. The van der Waals surface area contributed by atoms with Gasteiger partial charge in [-0.15, -0.1) is 11.3 Å². The van der Waals surface area contributed by atoms with Gasteiger partial charge in [-0.3, -0.25) is 0 Å². The molecule has 0 amide bonds. The predicted molar refractivity (Wildman–Crippen MR) is 72.5 cm³/mol. The highest BCUT2D eigenvalue weighted by Gasteiger charge is 2.04. The molecule has 0 aliphatic heterocycles. The molecule has 90 valence electrons. The normalized spacial score (nSPS) is 10.5. The monoisotopic (exact) mass is 268 g/mol. The molecule has 0 aliphatic rings. The quantitative estimate of drug-likeness (QED) is 0.895. The summed E-state index contributed by atoms with van der Waals surface area (Å²) in [6.45, 7) is 2.74. The second kappa shape index (κ2) is 5.33. The molecule has 0 bridgehead atoms. The van der Waals surface area contributed by atoms with Crippen LogP contribution in [0.25, 0.3) is 0 Å². The highest BCUT2D eigenvalue weighted by atomic mass is 35.5. The van der Waals surface area contributed by atoms with E-state index in [1.54, 1.807) is 23.6 Å². The van der Waals surface area contributed by atoms with Gasteiger partial charge < -0.3 is 11.1 Å². The van der Waals surface area contributed by atoms with Gasteiger partial charge in [-0.05, 0) is 12.5 Å². The average Bonchev–Trinajstić information content (AvgIpc) is 2.76. The van der Waals surface area contributed by atoms with E-state index in [9.17, 15) is 0 Å². The van der Waals surface area contributed by atoms with Gasteiger partial charge in [0, 0.05) is 17.3 Å². The zero-order valence-corrected chi connectivity index (χ0v) is 11.0. The third kappa shape index (κ3) is 3.08. The largest absolute Gasteiger partial charge is 0.396 e. The Morgan fingerprint density at radius 3 is 2.88 bits per heavy atom. The maximum atomic E-state index is 5.79. The van der Waals surface area contributed by atoms with Gasteiger partial charge in [0.2, 0.25) is 0 Å². The van der Waals surface area contributed by atoms with Crippen molar-refractivity contribution in [2.45, 2.75) is 19.9 Å². The van der Waals surface area contributed by atoms with Crippen LogP contribution in [-0.2, 0) is 13.0 Å². The van der Waals surface area contributed by atoms with Crippen molar-refractivity contribution in [1.29, 1.82) is 0 Å². The highest BCUT2D eigenvalue weighted by molar-refractivity contribution is 7.11. The summed E-state index contributed by atoms with van der Waals surface area (Å²) in [5, 5.41) is 4.71. The van der Waals surface area contributed by atoms with E-state index in [1.165, 1.54) is 4.88 Å². The summed E-state index contributed by atoms with van der Waals surface area (Å²) in [6, 6.07) is 1.68. The summed E-state index contributed by atoms with van der Waals surface area (Å²) in [5.74, 6) is 0.641. The Kier molecular flexibility index (Phi) is 3.81. The zero-order chi connectivity index (χ0) is 12.3. The minimum Gasteiger partial charge on any atom is -0.396 e. The summed E-state index contributed by atoms with van der Waals surface area (Å²) in [5.41, 5.74) is 6.34. The smallest absolute Gasteiger partial charge is 0.149 e. The molecule has 0 atom stereocenters. The lowest BCUT2D eigenvalue weighted by atomic mass is 10.4. The van der Waals surface area contributed by atoms with Crippen molar-refractivity contribution in [2.75, 3.05) is 11.1 Å². The van der Waals surface area contributed by atoms with Crippen molar-refractivity contribution in [2.24, 2.45) is 0 Å². The highest BCUT2D eigenvalue weighted by Crippen LogP contribution is 2.21. The minimum absolute atomic E-state index is 0.538. The Morgan fingerprint density at radius 1 is 1.41 bits per heavy atom. The van der Waals surface area contributed by atoms with Crippen LogP contribution < -0.4 is 11.1 Å². The number of halogens is 1. The molecule has 0 aromatic carbocycles. The fraction of sp³-hybridized carbons (Fsp3) is 0.273.